The van der Waals surface area contributed by atoms with Crippen molar-refractivity contribution in [3.63, 3.8) is 0 Å². The van der Waals surface area contributed by atoms with Crippen LogP contribution in [0.3, 0.4) is 0 Å². The summed E-state index contributed by atoms with van der Waals surface area (Å²) < 4.78 is 5.27. The fourth-order valence-corrected chi connectivity index (χ4v) is 1.82. The lowest BCUT2D eigenvalue weighted by atomic mass is 10.0. The van der Waals surface area contributed by atoms with Gasteiger partial charge in [-0.3, -0.25) is 4.79 Å². The van der Waals surface area contributed by atoms with E-state index < -0.39 is 0 Å². The molecule has 1 aromatic rings. The largest absolute Gasteiger partial charge is 0.465 e. The van der Waals surface area contributed by atoms with Gasteiger partial charge in [-0.05, 0) is 37.0 Å². The summed E-state index contributed by atoms with van der Waals surface area (Å²) >= 11 is 0. The van der Waals surface area contributed by atoms with Crippen molar-refractivity contribution in [3.8, 4) is 0 Å². The van der Waals surface area contributed by atoms with E-state index >= 15 is 0 Å². The number of esters is 1. The van der Waals surface area contributed by atoms with Gasteiger partial charge in [0.2, 0.25) is 0 Å². The Balaban J connectivity index is 1.84. The molecule has 2 N–H and O–H groups in total. The maximum absolute atomic E-state index is 11.8. The van der Waals surface area contributed by atoms with E-state index in [0.717, 1.165) is 17.9 Å². The molecule has 2 rings (SSSR count). The van der Waals surface area contributed by atoms with Crippen molar-refractivity contribution < 1.29 is 9.53 Å². The highest BCUT2D eigenvalue weighted by Gasteiger charge is 2.22. The van der Waals surface area contributed by atoms with E-state index in [9.17, 15) is 4.79 Å². The molecule has 0 aromatic heterocycles. The Morgan fingerprint density at radius 3 is 2.94 bits per heavy atom. The predicted octanol–water partition coefficient (Wildman–Crippen LogP) is 2.72. The van der Waals surface area contributed by atoms with E-state index in [1.807, 2.05) is 31.2 Å². The average Bonchev–Trinajstić information content (AvgIpc) is 3.12. The third-order valence-electron chi connectivity index (χ3n) is 3.23. The normalized spacial score (nSPS) is 16.5. The molecular formula is C14H19NO2. The molecule has 1 aliphatic carbocycles. The number of carbonyl (C=O) groups excluding carboxylic acids is 1. The van der Waals surface area contributed by atoms with Crippen LogP contribution in [0.1, 0.15) is 37.7 Å². The van der Waals surface area contributed by atoms with E-state index in [2.05, 4.69) is 0 Å². The zero-order valence-corrected chi connectivity index (χ0v) is 10.2. The summed E-state index contributed by atoms with van der Waals surface area (Å²) in [4.78, 5) is 11.8. The van der Waals surface area contributed by atoms with Crippen LogP contribution < -0.4 is 5.73 Å². The molecule has 1 fully saturated rings. The Labute approximate surface area is 102 Å². The molecule has 0 spiro atoms. The highest BCUT2D eigenvalue weighted by atomic mass is 16.5. The lowest BCUT2D eigenvalue weighted by Gasteiger charge is -2.12. The molecule has 1 aliphatic rings. The van der Waals surface area contributed by atoms with E-state index in [1.54, 1.807) is 0 Å². The first-order valence-electron chi connectivity index (χ1n) is 6.19. The maximum Gasteiger partial charge on any atom is 0.313 e. The van der Waals surface area contributed by atoms with Gasteiger partial charge in [-0.1, -0.05) is 25.0 Å². The van der Waals surface area contributed by atoms with Crippen LogP contribution in [0.5, 0.6) is 0 Å². The van der Waals surface area contributed by atoms with Gasteiger partial charge in [0, 0.05) is 5.69 Å². The Kier molecular flexibility index (Phi) is 3.67. The smallest absolute Gasteiger partial charge is 0.313 e. The van der Waals surface area contributed by atoms with Crippen LogP contribution in [0.4, 0.5) is 5.69 Å². The number of hydrogen-bond acceptors (Lipinski definition) is 3. The third kappa shape index (κ3) is 3.48. The fraction of sp³-hybridized carbons (Fsp3) is 0.500. The summed E-state index contributed by atoms with van der Waals surface area (Å²) in [7, 11) is 0. The quantitative estimate of drug-likeness (QED) is 0.628. The average molecular weight is 233 g/mol. The van der Waals surface area contributed by atoms with Crippen LogP contribution in [0.15, 0.2) is 24.3 Å². The van der Waals surface area contributed by atoms with Gasteiger partial charge in [-0.2, -0.15) is 0 Å². The van der Waals surface area contributed by atoms with Crippen LogP contribution >= 0.6 is 0 Å². The molecule has 92 valence electrons. The third-order valence-corrected chi connectivity index (χ3v) is 3.23. The van der Waals surface area contributed by atoms with Gasteiger partial charge in [-0.15, -0.1) is 0 Å². The first-order valence-corrected chi connectivity index (χ1v) is 6.19. The highest BCUT2D eigenvalue weighted by molar-refractivity contribution is 5.78. The minimum Gasteiger partial charge on any atom is -0.465 e. The van der Waals surface area contributed by atoms with E-state index in [-0.39, 0.29) is 11.9 Å². The van der Waals surface area contributed by atoms with E-state index in [1.165, 1.54) is 12.8 Å². The van der Waals surface area contributed by atoms with Gasteiger partial charge in [0.05, 0.1) is 12.5 Å². The molecule has 0 radical (unpaired) electrons. The SMILES string of the molecule is CC(C(=O)OCCC1CC1)c1cccc(N)c1. The molecule has 0 saturated heterocycles. The van der Waals surface area contributed by atoms with E-state index in [4.69, 9.17) is 10.5 Å². The summed E-state index contributed by atoms with van der Waals surface area (Å²) in [5.41, 5.74) is 7.29. The van der Waals surface area contributed by atoms with Crippen LogP contribution in [0, 0.1) is 5.92 Å². The second kappa shape index (κ2) is 5.21. The van der Waals surface area contributed by atoms with Gasteiger partial charge >= 0.3 is 5.97 Å². The number of benzene rings is 1. The topological polar surface area (TPSA) is 52.3 Å². The second-order valence-corrected chi connectivity index (χ2v) is 4.79. The number of carbonyl (C=O) groups is 1. The lowest BCUT2D eigenvalue weighted by molar-refractivity contribution is -0.145. The zero-order valence-electron chi connectivity index (χ0n) is 10.2. The first-order chi connectivity index (χ1) is 8.16. The molecule has 1 unspecified atom stereocenters. The fourth-order valence-electron chi connectivity index (χ4n) is 1.82. The van der Waals surface area contributed by atoms with Crippen molar-refractivity contribution in [2.75, 3.05) is 12.3 Å². The lowest BCUT2D eigenvalue weighted by Crippen LogP contribution is -2.14. The number of nitrogen functional groups attached to an aromatic ring is 1. The minimum absolute atomic E-state index is 0.156. The molecular weight excluding hydrogens is 214 g/mol. The molecule has 0 aliphatic heterocycles. The molecule has 0 heterocycles. The van der Waals surface area contributed by atoms with Gasteiger partial charge in [0.1, 0.15) is 0 Å². The Hall–Kier alpha value is -1.51. The number of rotatable bonds is 5. The van der Waals surface area contributed by atoms with Crippen molar-refractivity contribution in [1.82, 2.24) is 0 Å². The van der Waals surface area contributed by atoms with Crippen molar-refractivity contribution in [1.29, 1.82) is 0 Å². The van der Waals surface area contributed by atoms with Crippen molar-refractivity contribution in [2.45, 2.75) is 32.1 Å². The molecule has 1 aromatic carbocycles. The molecule has 0 amide bonds. The van der Waals surface area contributed by atoms with Crippen LogP contribution in [-0.4, -0.2) is 12.6 Å². The van der Waals surface area contributed by atoms with Crippen molar-refractivity contribution >= 4 is 11.7 Å². The predicted molar refractivity (Wildman–Crippen MR) is 67.6 cm³/mol. The summed E-state index contributed by atoms with van der Waals surface area (Å²) in [5, 5.41) is 0. The minimum atomic E-state index is -0.238. The monoisotopic (exact) mass is 233 g/mol. The van der Waals surface area contributed by atoms with Crippen LogP contribution in [-0.2, 0) is 9.53 Å². The number of nitrogens with two attached hydrogens (primary N) is 1. The standard InChI is InChI=1S/C14H19NO2/c1-10(12-3-2-4-13(15)9-12)14(16)17-8-7-11-5-6-11/h2-4,9-11H,5-8,15H2,1H3. The molecule has 0 bridgehead atoms. The number of anilines is 1. The summed E-state index contributed by atoms with van der Waals surface area (Å²) in [5.74, 6) is 0.402. The Morgan fingerprint density at radius 2 is 2.29 bits per heavy atom. The van der Waals surface area contributed by atoms with Gasteiger partial charge in [-0.25, -0.2) is 0 Å². The van der Waals surface area contributed by atoms with Gasteiger partial charge in [0.15, 0.2) is 0 Å². The van der Waals surface area contributed by atoms with Crippen molar-refractivity contribution in [3.05, 3.63) is 29.8 Å². The highest BCUT2D eigenvalue weighted by Crippen LogP contribution is 2.32. The first kappa shape index (κ1) is 12.0. The molecule has 3 nitrogen and oxygen atoms in total. The Morgan fingerprint density at radius 1 is 1.53 bits per heavy atom. The Bertz CT molecular complexity index is 399. The second-order valence-electron chi connectivity index (χ2n) is 4.79. The summed E-state index contributed by atoms with van der Waals surface area (Å²) in [6.45, 7) is 2.41. The van der Waals surface area contributed by atoms with Gasteiger partial charge < -0.3 is 10.5 Å². The molecule has 17 heavy (non-hydrogen) atoms. The molecule has 1 atom stereocenters. The number of hydrogen-bond donors (Lipinski definition) is 1. The van der Waals surface area contributed by atoms with Crippen LogP contribution in [0.2, 0.25) is 0 Å². The zero-order chi connectivity index (χ0) is 12.3. The molecule has 1 saturated carbocycles. The maximum atomic E-state index is 11.8. The van der Waals surface area contributed by atoms with Crippen LogP contribution in [0.25, 0.3) is 0 Å². The number of ether oxygens (including phenoxy) is 1. The summed E-state index contributed by atoms with van der Waals surface area (Å²) in [6, 6.07) is 7.41. The molecule has 3 heteroatoms. The van der Waals surface area contributed by atoms with Crippen molar-refractivity contribution in [2.24, 2.45) is 5.92 Å². The van der Waals surface area contributed by atoms with E-state index in [0.29, 0.717) is 12.3 Å². The summed E-state index contributed by atoms with van der Waals surface area (Å²) in [6.07, 6.45) is 3.60. The van der Waals surface area contributed by atoms with Gasteiger partial charge in [0.25, 0.3) is 0 Å².